The maximum atomic E-state index is 12.2. The highest BCUT2D eigenvalue weighted by molar-refractivity contribution is 6.48. The molecule has 3 heterocycles. The molecule has 3 rings (SSSR count). The van der Waals surface area contributed by atoms with E-state index in [1.165, 1.54) is 17.0 Å². The average Bonchev–Trinajstić information content (AvgIpc) is 3.13. The molecule has 7 heteroatoms. The zero-order valence-corrected chi connectivity index (χ0v) is 11.6. The van der Waals surface area contributed by atoms with Crippen LogP contribution in [0.5, 0.6) is 0 Å². The van der Waals surface area contributed by atoms with Gasteiger partial charge < -0.3 is 0 Å². The summed E-state index contributed by atoms with van der Waals surface area (Å²) in [7, 11) is 0. The summed E-state index contributed by atoms with van der Waals surface area (Å²) < 4.78 is 3.09. The molecule has 3 aromatic rings. The molecule has 106 valence electrons. The van der Waals surface area contributed by atoms with E-state index in [9.17, 15) is 9.59 Å². The van der Waals surface area contributed by atoms with Crippen LogP contribution in [0.4, 0.5) is 0 Å². The maximum Gasteiger partial charge on any atom is 0.253 e. The second-order valence-electron chi connectivity index (χ2n) is 4.91. The van der Waals surface area contributed by atoms with Crippen molar-refractivity contribution in [3.8, 4) is 0 Å². The molecule has 0 fully saturated rings. The predicted molar refractivity (Wildman–Crippen MR) is 74.3 cm³/mol. The minimum absolute atomic E-state index is 0.133. The van der Waals surface area contributed by atoms with Crippen LogP contribution in [0.3, 0.4) is 0 Å². The number of carbonyl (C=O) groups excluding carboxylic acids is 2. The highest BCUT2D eigenvalue weighted by Gasteiger charge is 2.21. The van der Waals surface area contributed by atoms with Crippen molar-refractivity contribution in [1.29, 1.82) is 0 Å². The molecule has 0 saturated heterocycles. The van der Waals surface area contributed by atoms with Crippen LogP contribution in [0, 0.1) is 0 Å². The molecule has 0 radical (unpaired) electrons. The summed E-state index contributed by atoms with van der Waals surface area (Å²) >= 11 is 0. The first kappa shape index (κ1) is 13.2. The summed E-state index contributed by atoms with van der Waals surface area (Å²) in [4.78, 5) is 28.4. The summed E-state index contributed by atoms with van der Waals surface area (Å²) in [5.74, 6) is -1.24. The van der Waals surface area contributed by atoms with Gasteiger partial charge in [-0.2, -0.15) is 10.2 Å². The number of hydrogen-bond donors (Lipinski definition) is 0. The molecule has 0 aliphatic carbocycles. The molecule has 0 unspecified atom stereocenters. The second kappa shape index (κ2) is 4.93. The summed E-state index contributed by atoms with van der Waals surface area (Å²) in [6.45, 7) is 3.89. The van der Waals surface area contributed by atoms with E-state index in [0.717, 1.165) is 0 Å². The molecule has 21 heavy (non-hydrogen) atoms. The van der Waals surface area contributed by atoms with Gasteiger partial charge in [0.2, 0.25) is 5.78 Å². The smallest absolute Gasteiger partial charge is 0.253 e. The molecule has 0 N–H and O–H groups in total. The van der Waals surface area contributed by atoms with Gasteiger partial charge >= 0.3 is 0 Å². The van der Waals surface area contributed by atoms with Gasteiger partial charge in [0.15, 0.2) is 5.65 Å². The highest BCUT2D eigenvalue weighted by atomic mass is 16.2. The number of pyridine rings is 1. The highest BCUT2D eigenvalue weighted by Crippen LogP contribution is 2.10. The molecule has 3 aromatic heterocycles. The molecular weight excluding hydrogens is 270 g/mol. The number of aromatic nitrogens is 5. The topological polar surface area (TPSA) is 82.1 Å². The zero-order chi connectivity index (χ0) is 15.0. The number of Topliss-reactive ketones (excluding diaryl/α,β-unsaturated/α-hetero) is 2. The Bertz CT molecular complexity index is 831. The van der Waals surface area contributed by atoms with Gasteiger partial charge in [0, 0.05) is 24.0 Å². The van der Waals surface area contributed by atoms with Gasteiger partial charge in [-0.15, -0.1) is 0 Å². The van der Waals surface area contributed by atoms with Crippen LogP contribution in [0.15, 0.2) is 36.9 Å². The Labute approximate surface area is 120 Å². The second-order valence-corrected chi connectivity index (χ2v) is 4.91. The van der Waals surface area contributed by atoms with Gasteiger partial charge in [0.05, 0.1) is 0 Å². The lowest BCUT2D eigenvalue weighted by Gasteiger charge is -2.03. The Balaban J connectivity index is 1.90. The van der Waals surface area contributed by atoms with Gasteiger partial charge in [0.1, 0.15) is 12.0 Å². The summed E-state index contributed by atoms with van der Waals surface area (Å²) in [5.41, 5.74) is 1.02. The van der Waals surface area contributed by atoms with Crippen molar-refractivity contribution in [1.82, 2.24) is 24.4 Å². The lowest BCUT2D eigenvalue weighted by atomic mass is 10.1. The minimum atomic E-state index is -0.631. The van der Waals surface area contributed by atoms with Crippen LogP contribution in [-0.2, 0) is 0 Å². The number of rotatable bonds is 4. The fraction of sp³-hybridized carbons (Fsp3) is 0.214. The SMILES string of the molecule is CC(C)n1ccc(C(=O)C(=O)c2ccc3ncnn3c2)n1. The van der Waals surface area contributed by atoms with Gasteiger partial charge in [0.25, 0.3) is 5.78 Å². The third-order valence-corrected chi connectivity index (χ3v) is 3.11. The molecule has 0 atom stereocenters. The van der Waals surface area contributed by atoms with E-state index in [1.54, 1.807) is 29.1 Å². The van der Waals surface area contributed by atoms with E-state index in [2.05, 4.69) is 15.2 Å². The van der Waals surface area contributed by atoms with E-state index in [0.29, 0.717) is 5.65 Å². The molecule has 0 aliphatic heterocycles. The lowest BCUT2D eigenvalue weighted by molar-refractivity contribution is 0.0813. The maximum absolute atomic E-state index is 12.2. The fourth-order valence-electron chi connectivity index (χ4n) is 1.95. The molecule has 0 saturated carbocycles. The Morgan fingerprint density at radius 1 is 1.14 bits per heavy atom. The van der Waals surface area contributed by atoms with Crippen LogP contribution < -0.4 is 0 Å². The molecule has 0 aromatic carbocycles. The first-order chi connectivity index (χ1) is 10.1. The van der Waals surface area contributed by atoms with Crippen LogP contribution in [-0.4, -0.2) is 35.9 Å². The average molecular weight is 283 g/mol. The van der Waals surface area contributed by atoms with Gasteiger partial charge in [-0.3, -0.25) is 14.3 Å². The van der Waals surface area contributed by atoms with Crippen molar-refractivity contribution < 1.29 is 9.59 Å². The van der Waals surface area contributed by atoms with Gasteiger partial charge in [-0.1, -0.05) is 0 Å². The Hall–Kier alpha value is -2.83. The van der Waals surface area contributed by atoms with E-state index in [1.807, 2.05) is 13.8 Å². The number of carbonyl (C=O) groups is 2. The summed E-state index contributed by atoms with van der Waals surface area (Å²) in [5, 5.41) is 8.06. The third kappa shape index (κ3) is 2.33. The first-order valence-electron chi connectivity index (χ1n) is 6.50. The minimum Gasteiger partial charge on any atom is -0.285 e. The largest absolute Gasteiger partial charge is 0.285 e. The predicted octanol–water partition coefficient (Wildman–Crippen LogP) is 1.57. The Morgan fingerprint density at radius 3 is 2.67 bits per heavy atom. The molecular formula is C14H13N5O2. The Kier molecular flexibility index (Phi) is 3.09. The monoisotopic (exact) mass is 283 g/mol. The molecule has 0 bridgehead atoms. The lowest BCUT2D eigenvalue weighted by Crippen LogP contribution is -2.16. The third-order valence-electron chi connectivity index (χ3n) is 3.11. The van der Waals surface area contributed by atoms with Crippen LogP contribution >= 0.6 is 0 Å². The normalized spacial score (nSPS) is 11.2. The van der Waals surface area contributed by atoms with Crippen molar-refractivity contribution in [3.63, 3.8) is 0 Å². The fourth-order valence-corrected chi connectivity index (χ4v) is 1.95. The quantitative estimate of drug-likeness (QED) is 0.536. The number of nitrogens with zero attached hydrogens (tertiary/aromatic N) is 5. The van der Waals surface area contributed by atoms with Crippen molar-refractivity contribution in [2.24, 2.45) is 0 Å². The standard InChI is InChI=1S/C14H13N5O2/c1-9(2)18-6-5-11(17-18)14(21)13(20)10-3-4-12-15-8-16-19(12)7-10/h3-9H,1-2H3. The van der Waals surface area contributed by atoms with Crippen LogP contribution in [0.2, 0.25) is 0 Å². The van der Waals surface area contributed by atoms with Crippen LogP contribution in [0.25, 0.3) is 5.65 Å². The summed E-state index contributed by atoms with van der Waals surface area (Å²) in [6, 6.07) is 4.88. The molecule has 7 nitrogen and oxygen atoms in total. The van der Waals surface area contributed by atoms with E-state index in [4.69, 9.17) is 0 Å². The number of ketones is 2. The van der Waals surface area contributed by atoms with Crippen LogP contribution in [0.1, 0.15) is 40.7 Å². The summed E-state index contributed by atoms with van der Waals surface area (Å²) in [6.07, 6.45) is 4.56. The first-order valence-corrected chi connectivity index (χ1v) is 6.50. The zero-order valence-electron chi connectivity index (χ0n) is 11.6. The Morgan fingerprint density at radius 2 is 1.95 bits per heavy atom. The van der Waals surface area contributed by atoms with Crippen molar-refractivity contribution in [2.45, 2.75) is 19.9 Å². The van der Waals surface area contributed by atoms with Gasteiger partial charge in [-0.25, -0.2) is 9.50 Å². The van der Waals surface area contributed by atoms with E-state index >= 15 is 0 Å². The van der Waals surface area contributed by atoms with Crippen molar-refractivity contribution in [2.75, 3.05) is 0 Å². The van der Waals surface area contributed by atoms with E-state index < -0.39 is 11.6 Å². The number of fused-ring (bicyclic) bond motifs is 1. The molecule has 0 aliphatic rings. The number of hydrogen-bond acceptors (Lipinski definition) is 5. The van der Waals surface area contributed by atoms with Crippen molar-refractivity contribution >= 4 is 17.2 Å². The molecule has 0 amide bonds. The molecule has 0 spiro atoms. The van der Waals surface area contributed by atoms with Gasteiger partial charge in [-0.05, 0) is 32.0 Å². The van der Waals surface area contributed by atoms with E-state index in [-0.39, 0.29) is 17.3 Å². The van der Waals surface area contributed by atoms with Crippen molar-refractivity contribution in [3.05, 3.63) is 48.2 Å².